The molecule has 0 fully saturated rings. The predicted molar refractivity (Wildman–Crippen MR) is 54.1 cm³/mol. The van der Waals surface area contributed by atoms with Crippen LogP contribution in [0.3, 0.4) is 0 Å². The standard InChI is InChI=1S/C9H18ClNO2/c1-8(7-13-2)11-9(12)5-3-4-6-10/h8H,3-7H2,1-2H3,(H,11,12). The molecule has 0 aliphatic rings. The molecule has 1 N–H and O–H groups in total. The van der Waals surface area contributed by atoms with Gasteiger partial charge in [0.05, 0.1) is 6.61 Å². The maximum atomic E-state index is 11.2. The molecule has 1 atom stereocenters. The van der Waals surface area contributed by atoms with Crippen LogP contribution in [0.15, 0.2) is 0 Å². The summed E-state index contributed by atoms with van der Waals surface area (Å²) in [6.45, 7) is 2.48. The Labute approximate surface area is 84.8 Å². The van der Waals surface area contributed by atoms with Gasteiger partial charge in [0, 0.05) is 25.5 Å². The van der Waals surface area contributed by atoms with Gasteiger partial charge in [-0.15, -0.1) is 11.6 Å². The first-order valence-electron chi connectivity index (χ1n) is 4.55. The molecule has 4 heteroatoms. The molecule has 1 unspecified atom stereocenters. The van der Waals surface area contributed by atoms with E-state index in [0.29, 0.717) is 18.9 Å². The average molecular weight is 208 g/mol. The van der Waals surface area contributed by atoms with E-state index in [1.165, 1.54) is 0 Å². The van der Waals surface area contributed by atoms with Crippen molar-refractivity contribution < 1.29 is 9.53 Å². The topological polar surface area (TPSA) is 38.3 Å². The first kappa shape index (κ1) is 12.7. The fraction of sp³-hybridized carbons (Fsp3) is 0.889. The Morgan fingerprint density at radius 1 is 1.54 bits per heavy atom. The zero-order chi connectivity index (χ0) is 10.1. The van der Waals surface area contributed by atoms with E-state index in [2.05, 4.69) is 5.32 Å². The monoisotopic (exact) mass is 207 g/mol. The summed E-state index contributed by atoms with van der Waals surface area (Å²) in [7, 11) is 1.62. The molecule has 0 spiro atoms. The second-order valence-electron chi connectivity index (χ2n) is 3.07. The lowest BCUT2D eigenvalue weighted by Crippen LogP contribution is -2.35. The van der Waals surface area contributed by atoms with Crippen LogP contribution in [0.25, 0.3) is 0 Å². The van der Waals surface area contributed by atoms with E-state index in [9.17, 15) is 4.79 Å². The normalized spacial score (nSPS) is 12.5. The molecule has 0 aliphatic carbocycles. The average Bonchev–Trinajstić information content (AvgIpc) is 2.05. The molecular weight excluding hydrogens is 190 g/mol. The van der Waals surface area contributed by atoms with Crippen molar-refractivity contribution in [1.82, 2.24) is 5.32 Å². The molecule has 0 aliphatic heterocycles. The van der Waals surface area contributed by atoms with Crippen LogP contribution in [0.5, 0.6) is 0 Å². The summed E-state index contributed by atoms with van der Waals surface area (Å²) in [5, 5.41) is 2.83. The summed E-state index contributed by atoms with van der Waals surface area (Å²) in [6.07, 6.45) is 2.31. The van der Waals surface area contributed by atoms with Crippen LogP contribution in [0.4, 0.5) is 0 Å². The maximum absolute atomic E-state index is 11.2. The SMILES string of the molecule is COCC(C)NC(=O)CCCCCl. The first-order valence-corrected chi connectivity index (χ1v) is 5.08. The molecule has 78 valence electrons. The van der Waals surface area contributed by atoms with Crippen molar-refractivity contribution in [1.29, 1.82) is 0 Å². The Balaban J connectivity index is 3.38. The van der Waals surface area contributed by atoms with E-state index in [4.69, 9.17) is 16.3 Å². The number of carbonyl (C=O) groups excluding carboxylic acids is 1. The number of hydrogen-bond acceptors (Lipinski definition) is 2. The first-order chi connectivity index (χ1) is 6.20. The summed E-state index contributed by atoms with van der Waals surface area (Å²) >= 11 is 5.49. The third kappa shape index (κ3) is 8.06. The van der Waals surface area contributed by atoms with Gasteiger partial charge in [-0.2, -0.15) is 0 Å². The van der Waals surface area contributed by atoms with E-state index in [1.807, 2.05) is 6.92 Å². The van der Waals surface area contributed by atoms with Crippen LogP contribution in [-0.4, -0.2) is 31.5 Å². The highest BCUT2D eigenvalue weighted by Crippen LogP contribution is 1.97. The van der Waals surface area contributed by atoms with Gasteiger partial charge in [-0.1, -0.05) is 0 Å². The number of nitrogens with one attached hydrogen (secondary N) is 1. The fourth-order valence-corrected chi connectivity index (χ4v) is 1.21. The van der Waals surface area contributed by atoms with Crippen LogP contribution < -0.4 is 5.32 Å². The molecule has 0 rings (SSSR count). The Morgan fingerprint density at radius 2 is 2.23 bits per heavy atom. The van der Waals surface area contributed by atoms with Crippen molar-refractivity contribution in [3.63, 3.8) is 0 Å². The summed E-state index contributed by atoms with van der Waals surface area (Å²) in [6, 6.07) is 0.0912. The number of ether oxygens (including phenoxy) is 1. The third-order valence-electron chi connectivity index (χ3n) is 1.61. The van der Waals surface area contributed by atoms with Gasteiger partial charge in [0.25, 0.3) is 0 Å². The minimum Gasteiger partial charge on any atom is -0.383 e. The lowest BCUT2D eigenvalue weighted by Gasteiger charge is -2.12. The molecule has 1 amide bonds. The second kappa shape index (κ2) is 8.32. The number of alkyl halides is 1. The highest BCUT2D eigenvalue weighted by atomic mass is 35.5. The number of carbonyl (C=O) groups is 1. The molecule has 0 radical (unpaired) electrons. The van der Waals surface area contributed by atoms with Gasteiger partial charge in [0.1, 0.15) is 0 Å². The summed E-state index contributed by atoms with van der Waals surface area (Å²) in [5.74, 6) is 0.704. The molecule has 0 aromatic heterocycles. The Morgan fingerprint density at radius 3 is 2.77 bits per heavy atom. The minimum atomic E-state index is 0.0784. The Bertz CT molecular complexity index is 142. The molecule has 0 saturated heterocycles. The number of hydrogen-bond donors (Lipinski definition) is 1. The van der Waals surface area contributed by atoms with Crippen LogP contribution in [0.1, 0.15) is 26.2 Å². The molecule has 0 saturated carbocycles. The van der Waals surface area contributed by atoms with Crippen LogP contribution in [-0.2, 0) is 9.53 Å². The summed E-state index contributed by atoms with van der Waals surface area (Å²) in [4.78, 5) is 11.2. The largest absolute Gasteiger partial charge is 0.383 e. The van der Waals surface area contributed by atoms with Crippen molar-refractivity contribution in [3.05, 3.63) is 0 Å². The van der Waals surface area contributed by atoms with Gasteiger partial charge < -0.3 is 10.1 Å². The number of amides is 1. The second-order valence-corrected chi connectivity index (χ2v) is 3.45. The molecule has 13 heavy (non-hydrogen) atoms. The van der Waals surface area contributed by atoms with Gasteiger partial charge in [-0.25, -0.2) is 0 Å². The van der Waals surface area contributed by atoms with Crippen LogP contribution in [0, 0.1) is 0 Å². The predicted octanol–water partition coefficient (Wildman–Crippen LogP) is 1.55. The van der Waals surface area contributed by atoms with E-state index < -0.39 is 0 Å². The lowest BCUT2D eigenvalue weighted by molar-refractivity contribution is -0.122. The summed E-state index contributed by atoms with van der Waals surface area (Å²) in [5.41, 5.74) is 0. The van der Waals surface area contributed by atoms with E-state index in [0.717, 1.165) is 12.8 Å². The summed E-state index contributed by atoms with van der Waals surface area (Å²) < 4.78 is 4.89. The zero-order valence-electron chi connectivity index (χ0n) is 8.31. The quantitative estimate of drug-likeness (QED) is 0.508. The van der Waals surface area contributed by atoms with Crippen molar-refractivity contribution in [2.75, 3.05) is 19.6 Å². The zero-order valence-corrected chi connectivity index (χ0v) is 9.06. The van der Waals surface area contributed by atoms with Gasteiger partial charge >= 0.3 is 0 Å². The molecule has 0 aromatic rings. The molecule has 0 bridgehead atoms. The molecule has 0 heterocycles. The van der Waals surface area contributed by atoms with Crippen LogP contribution in [0.2, 0.25) is 0 Å². The van der Waals surface area contributed by atoms with Crippen LogP contribution >= 0.6 is 11.6 Å². The van der Waals surface area contributed by atoms with Gasteiger partial charge in [0.2, 0.25) is 5.91 Å². The van der Waals surface area contributed by atoms with E-state index in [-0.39, 0.29) is 11.9 Å². The smallest absolute Gasteiger partial charge is 0.220 e. The fourth-order valence-electron chi connectivity index (χ4n) is 1.02. The van der Waals surface area contributed by atoms with Crippen molar-refractivity contribution in [3.8, 4) is 0 Å². The van der Waals surface area contributed by atoms with Crippen molar-refractivity contribution in [2.24, 2.45) is 0 Å². The number of rotatable bonds is 7. The van der Waals surface area contributed by atoms with Crippen molar-refractivity contribution >= 4 is 17.5 Å². The van der Waals surface area contributed by atoms with Gasteiger partial charge in [-0.05, 0) is 19.8 Å². The highest BCUT2D eigenvalue weighted by Gasteiger charge is 2.05. The number of methoxy groups -OCH3 is 1. The molecular formula is C9H18ClNO2. The van der Waals surface area contributed by atoms with Gasteiger partial charge in [0.15, 0.2) is 0 Å². The Hall–Kier alpha value is -0.280. The third-order valence-corrected chi connectivity index (χ3v) is 1.88. The maximum Gasteiger partial charge on any atom is 0.220 e. The molecule has 0 aromatic carbocycles. The number of halogens is 1. The van der Waals surface area contributed by atoms with E-state index >= 15 is 0 Å². The number of unbranched alkanes of at least 4 members (excludes halogenated alkanes) is 1. The molecule has 3 nitrogen and oxygen atoms in total. The lowest BCUT2D eigenvalue weighted by atomic mass is 10.2. The minimum absolute atomic E-state index is 0.0784. The van der Waals surface area contributed by atoms with E-state index in [1.54, 1.807) is 7.11 Å². The Kier molecular flexibility index (Phi) is 8.14. The van der Waals surface area contributed by atoms with Crippen molar-refractivity contribution in [2.45, 2.75) is 32.2 Å². The van der Waals surface area contributed by atoms with Gasteiger partial charge in [-0.3, -0.25) is 4.79 Å². The highest BCUT2D eigenvalue weighted by molar-refractivity contribution is 6.17.